The number of rotatable bonds is 5. The second kappa shape index (κ2) is 6.52. The Morgan fingerprint density at radius 2 is 1.90 bits per heavy atom. The molecule has 4 nitrogen and oxygen atoms in total. The summed E-state index contributed by atoms with van der Waals surface area (Å²) in [5.74, 6) is -0.412. The molecule has 0 fully saturated rings. The Morgan fingerprint density at radius 1 is 1.29 bits per heavy atom. The first-order valence-electron chi connectivity index (χ1n) is 7.18. The molecular formula is C16H20FN3O. The van der Waals surface area contributed by atoms with E-state index in [1.807, 2.05) is 20.8 Å². The van der Waals surface area contributed by atoms with E-state index in [-0.39, 0.29) is 17.8 Å². The van der Waals surface area contributed by atoms with Crippen LogP contribution in [0.4, 0.5) is 4.39 Å². The minimum absolute atomic E-state index is 0.116. The minimum atomic E-state index is -0.296. The van der Waals surface area contributed by atoms with Crippen LogP contribution >= 0.6 is 0 Å². The molecule has 1 aromatic heterocycles. The van der Waals surface area contributed by atoms with Gasteiger partial charge in [-0.05, 0) is 44.0 Å². The standard InChI is InChI=1S/C16H20FN3O/c1-4-13(5-2)19-16(21)15-10-18-20(11(15)3)14-8-6-12(17)7-9-14/h6-10,13H,4-5H2,1-3H3,(H,19,21). The van der Waals surface area contributed by atoms with E-state index in [0.717, 1.165) is 24.2 Å². The quantitative estimate of drug-likeness (QED) is 0.918. The minimum Gasteiger partial charge on any atom is -0.349 e. The third kappa shape index (κ3) is 3.29. The maximum Gasteiger partial charge on any atom is 0.254 e. The highest BCUT2D eigenvalue weighted by Crippen LogP contribution is 2.15. The Labute approximate surface area is 124 Å². The predicted octanol–water partition coefficient (Wildman–Crippen LogP) is 3.24. The Morgan fingerprint density at radius 3 is 2.48 bits per heavy atom. The van der Waals surface area contributed by atoms with E-state index in [2.05, 4.69) is 10.4 Å². The first-order valence-corrected chi connectivity index (χ1v) is 7.18. The molecule has 0 bridgehead atoms. The van der Waals surface area contributed by atoms with Gasteiger partial charge in [-0.1, -0.05) is 13.8 Å². The van der Waals surface area contributed by atoms with Crippen molar-refractivity contribution in [3.63, 3.8) is 0 Å². The summed E-state index contributed by atoms with van der Waals surface area (Å²) in [5.41, 5.74) is 2.02. The van der Waals surface area contributed by atoms with E-state index in [9.17, 15) is 9.18 Å². The van der Waals surface area contributed by atoms with Crippen LogP contribution in [0, 0.1) is 12.7 Å². The van der Waals surface area contributed by atoms with Crippen molar-refractivity contribution in [2.45, 2.75) is 39.7 Å². The molecule has 1 heterocycles. The van der Waals surface area contributed by atoms with Crippen molar-refractivity contribution in [1.29, 1.82) is 0 Å². The third-order valence-electron chi connectivity index (χ3n) is 3.65. The molecule has 0 spiro atoms. The fraction of sp³-hybridized carbons (Fsp3) is 0.375. The zero-order valence-corrected chi connectivity index (χ0v) is 12.6. The van der Waals surface area contributed by atoms with Gasteiger partial charge in [0.1, 0.15) is 5.82 Å². The van der Waals surface area contributed by atoms with Crippen molar-refractivity contribution in [2.24, 2.45) is 0 Å². The SMILES string of the molecule is CCC(CC)NC(=O)c1cnn(-c2ccc(F)cc2)c1C. The largest absolute Gasteiger partial charge is 0.349 e. The molecule has 0 aliphatic heterocycles. The molecule has 0 atom stereocenters. The van der Waals surface area contributed by atoms with Crippen molar-refractivity contribution in [3.8, 4) is 5.69 Å². The number of benzene rings is 1. The zero-order valence-electron chi connectivity index (χ0n) is 12.6. The Balaban J connectivity index is 2.24. The number of halogens is 1. The van der Waals surface area contributed by atoms with Crippen molar-refractivity contribution in [1.82, 2.24) is 15.1 Å². The van der Waals surface area contributed by atoms with Gasteiger partial charge in [0.15, 0.2) is 0 Å². The Kier molecular flexibility index (Phi) is 4.73. The van der Waals surface area contributed by atoms with Crippen molar-refractivity contribution in [2.75, 3.05) is 0 Å². The molecule has 0 aliphatic carbocycles. The van der Waals surface area contributed by atoms with E-state index >= 15 is 0 Å². The normalized spacial score (nSPS) is 10.9. The molecule has 5 heteroatoms. The monoisotopic (exact) mass is 289 g/mol. The maximum absolute atomic E-state index is 13.0. The second-order valence-corrected chi connectivity index (χ2v) is 5.02. The molecule has 2 aromatic rings. The van der Waals surface area contributed by atoms with Crippen molar-refractivity contribution < 1.29 is 9.18 Å². The summed E-state index contributed by atoms with van der Waals surface area (Å²) in [4.78, 5) is 12.3. The Hall–Kier alpha value is -2.17. The highest BCUT2D eigenvalue weighted by Gasteiger charge is 2.17. The summed E-state index contributed by atoms with van der Waals surface area (Å²) in [6.45, 7) is 5.92. The van der Waals surface area contributed by atoms with Crippen LogP contribution in [0.2, 0.25) is 0 Å². The van der Waals surface area contributed by atoms with Crippen molar-refractivity contribution in [3.05, 3.63) is 47.5 Å². The van der Waals surface area contributed by atoms with Gasteiger partial charge >= 0.3 is 0 Å². The smallest absolute Gasteiger partial charge is 0.254 e. The highest BCUT2D eigenvalue weighted by atomic mass is 19.1. The fourth-order valence-electron chi connectivity index (χ4n) is 2.23. The zero-order chi connectivity index (χ0) is 15.4. The van der Waals surface area contributed by atoms with Gasteiger partial charge in [0.2, 0.25) is 0 Å². The molecule has 0 saturated carbocycles. The summed E-state index contributed by atoms with van der Waals surface area (Å²) in [7, 11) is 0. The molecular weight excluding hydrogens is 269 g/mol. The lowest BCUT2D eigenvalue weighted by atomic mass is 10.1. The first-order chi connectivity index (χ1) is 10.1. The van der Waals surface area contributed by atoms with Gasteiger partial charge in [-0.15, -0.1) is 0 Å². The highest BCUT2D eigenvalue weighted by molar-refractivity contribution is 5.95. The van der Waals surface area contributed by atoms with Gasteiger partial charge in [-0.3, -0.25) is 4.79 Å². The van der Waals surface area contributed by atoms with E-state index in [0.29, 0.717) is 5.56 Å². The number of aromatic nitrogens is 2. The summed E-state index contributed by atoms with van der Waals surface area (Å²) in [6.07, 6.45) is 3.34. The number of hydrogen-bond acceptors (Lipinski definition) is 2. The number of nitrogens with zero attached hydrogens (tertiary/aromatic N) is 2. The summed E-state index contributed by atoms with van der Waals surface area (Å²) >= 11 is 0. The van der Waals surface area contributed by atoms with Crippen LogP contribution < -0.4 is 5.32 Å². The first kappa shape index (κ1) is 15.2. The molecule has 1 aromatic carbocycles. The predicted molar refractivity (Wildman–Crippen MR) is 80.1 cm³/mol. The molecule has 112 valence electrons. The molecule has 0 aliphatic rings. The van der Waals surface area contributed by atoms with Crippen LogP contribution in [0.5, 0.6) is 0 Å². The summed E-state index contributed by atoms with van der Waals surface area (Å²) < 4.78 is 14.6. The Bertz CT molecular complexity index is 615. The molecule has 0 unspecified atom stereocenters. The lowest BCUT2D eigenvalue weighted by Crippen LogP contribution is -2.34. The van der Waals surface area contributed by atoms with Gasteiger partial charge in [0, 0.05) is 6.04 Å². The van der Waals surface area contributed by atoms with Gasteiger partial charge in [0.25, 0.3) is 5.91 Å². The van der Waals surface area contributed by atoms with Crippen LogP contribution in [0.15, 0.2) is 30.5 Å². The topological polar surface area (TPSA) is 46.9 Å². The molecule has 2 rings (SSSR count). The van der Waals surface area contributed by atoms with E-state index < -0.39 is 0 Å². The average Bonchev–Trinajstić information content (AvgIpc) is 2.87. The van der Waals surface area contributed by atoms with E-state index in [1.54, 1.807) is 23.0 Å². The molecule has 1 amide bonds. The van der Waals surface area contributed by atoms with Gasteiger partial charge in [0.05, 0.1) is 23.1 Å². The van der Waals surface area contributed by atoms with Gasteiger partial charge < -0.3 is 5.32 Å². The fourth-order valence-corrected chi connectivity index (χ4v) is 2.23. The van der Waals surface area contributed by atoms with Crippen LogP contribution in [0.3, 0.4) is 0 Å². The number of carbonyl (C=O) groups is 1. The number of amides is 1. The van der Waals surface area contributed by atoms with Gasteiger partial charge in [-0.2, -0.15) is 5.10 Å². The summed E-state index contributed by atoms with van der Waals surface area (Å²) in [6, 6.07) is 6.20. The van der Waals surface area contributed by atoms with Gasteiger partial charge in [-0.25, -0.2) is 9.07 Å². The summed E-state index contributed by atoms with van der Waals surface area (Å²) in [5, 5.41) is 7.22. The number of carbonyl (C=O) groups excluding carboxylic acids is 1. The lowest BCUT2D eigenvalue weighted by molar-refractivity contribution is 0.0934. The van der Waals surface area contributed by atoms with E-state index in [4.69, 9.17) is 0 Å². The average molecular weight is 289 g/mol. The second-order valence-electron chi connectivity index (χ2n) is 5.02. The lowest BCUT2D eigenvalue weighted by Gasteiger charge is -2.14. The van der Waals surface area contributed by atoms with Crippen LogP contribution in [0.25, 0.3) is 5.69 Å². The van der Waals surface area contributed by atoms with Crippen LogP contribution in [-0.4, -0.2) is 21.7 Å². The number of nitrogens with one attached hydrogen (secondary N) is 1. The molecule has 21 heavy (non-hydrogen) atoms. The van der Waals surface area contributed by atoms with Crippen LogP contribution in [-0.2, 0) is 0 Å². The van der Waals surface area contributed by atoms with Crippen LogP contribution in [0.1, 0.15) is 42.7 Å². The third-order valence-corrected chi connectivity index (χ3v) is 3.65. The number of hydrogen-bond donors (Lipinski definition) is 1. The maximum atomic E-state index is 13.0. The van der Waals surface area contributed by atoms with Crippen molar-refractivity contribution >= 4 is 5.91 Å². The molecule has 1 N–H and O–H groups in total. The molecule has 0 radical (unpaired) electrons. The van der Waals surface area contributed by atoms with E-state index in [1.165, 1.54) is 12.1 Å². The molecule has 0 saturated heterocycles.